The molecule has 0 amide bonds. The number of likely N-dealkylation sites (N-methyl/N-ethyl adjacent to an activating group) is 1. The zero-order valence-electron chi connectivity index (χ0n) is 6.52. The van der Waals surface area contributed by atoms with Gasteiger partial charge in [0.15, 0.2) is 0 Å². The lowest BCUT2D eigenvalue weighted by molar-refractivity contribution is 0.152. The van der Waals surface area contributed by atoms with Crippen LogP contribution in [0.15, 0.2) is 0 Å². The molecule has 1 fully saturated rings. The van der Waals surface area contributed by atoms with Crippen LogP contribution in [0.3, 0.4) is 0 Å². The molecular weight excluding hydrogens is 112 g/mol. The minimum Gasteiger partial charge on any atom is -0.314 e. The summed E-state index contributed by atoms with van der Waals surface area (Å²) < 4.78 is 0. The van der Waals surface area contributed by atoms with E-state index in [4.69, 9.17) is 0 Å². The SMILES string of the molecule is C[C@H]1CNC[C@H](C)N1C.[HH]. The van der Waals surface area contributed by atoms with Crippen LogP contribution in [-0.4, -0.2) is 37.1 Å². The summed E-state index contributed by atoms with van der Waals surface area (Å²) in [7, 11) is 2.19. The molecule has 1 saturated heterocycles. The lowest BCUT2D eigenvalue weighted by atomic mass is 10.1. The van der Waals surface area contributed by atoms with Crippen LogP contribution in [-0.2, 0) is 0 Å². The summed E-state index contributed by atoms with van der Waals surface area (Å²) in [5, 5.41) is 3.37. The standard InChI is InChI=1S/C7H16N2.H2/c1-6-4-8-5-7(2)9(6)3;/h6-8H,4-5H2,1-3H3;1H/t6-,7-;/m0./s1. The average Bonchev–Trinajstić information content (AvgIpc) is 1.83. The van der Waals surface area contributed by atoms with Crippen molar-refractivity contribution in [2.24, 2.45) is 0 Å². The topological polar surface area (TPSA) is 15.3 Å². The van der Waals surface area contributed by atoms with Gasteiger partial charge in [-0.25, -0.2) is 0 Å². The average molecular weight is 130 g/mol. The summed E-state index contributed by atoms with van der Waals surface area (Å²) in [6.45, 7) is 6.78. The fourth-order valence-corrected chi connectivity index (χ4v) is 1.22. The van der Waals surface area contributed by atoms with E-state index in [-0.39, 0.29) is 1.43 Å². The summed E-state index contributed by atoms with van der Waals surface area (Å²) in [5.41, 5.74) is 0. The molecule has 1 heterocycles. The van der Waals surface area contributed by atoms with E-state index in [0.717, 1.165) is 13.1 Å². The molecule has 0 aromatic rings. The van der Waals surface area contributed by atoms with Crippen molar-refractivity contribution in [1.82, 2.24) is 10.2 Å². The van der Waals surface area contributed by atoms with E-state index in [1.54, 1.807) is 0 Å². The van der Waals surface area contributed by atoms with Gasteiger partial charge in [-0.05, 0) is 20.9 Å². The molecular formula is C7H18N2. The molecule has 9 heavy (non-hydrogen) atoms. The van der Waals surface area contributed by atoms with Crippen molar-refractivity contribution in [3.05, 3.63) is 0 Å². The van der Waals surface area contributed by atoms with Crippen LogP contribution in [0.4, 0.5) is 0 Å². The van der Waals surface area contributed by atoms with Crippen LogP contribution in [0.2, 0.25) is 0 Å². The van der Waals surface area contributed by atoms with E-state index < -0.39 is 0 Å². The molecule has 0 aliphatic carbocycles. The third kappa shape index (κ3) is 1.43. The Morgan fingerprint density at radius 2 is 1.78 bits per heavy atom. The Morgan fingerprint density at radius 3 is 2.11 bits per heavy atom. The Morgan fingerprint density at radius 1 is 1.33 bits per heavy atom. The highest BCUT2D eigenvalue weighted by Gasteiger charge is 2.19. The molecule has 1 aliphatic heterocycles. The van der Waals surface area contributed by atoms with Gasteiger partial charge < -0.3 is 5.32 Å². The van der Waals surface area contributed by atoms with Crippen molar-refractivity contribution in [3.8, 4) is 0 Å². The summed E-state index contributed by atoms with van der Waals surface area (Å²) in [6, 6.07) is 1.41. The molecule has 2 heteroatoms. The number of nitrogens with zero attached hydrogens (tertiary/aromatic N) is 1. The van der Waals surface area contributed by atoms with Gasteiger partial charge in [0, 0.05) is 26.6 Å². The number of rotatable bonds is 0. The molecule has 0 saturated carbocycles. The molecule has 56 valence electrons. The van der Waals surface area contributed by atoms with E-state index in [9.17, 15) is 0 Å². The predicted molar refractivity (Wildman–Crippen MR) is 41.7 cm³/mol. The second-order valence-electron chi connectivity index (χ2n) is 3.02. The van der Waals surface area contributed by atoms with E-state index >= 15 is 0 Å². The predicted octanol–water partition coefficient (Wildman–Crippen LogP) is 0.544. The number of piperazine rings is 1. The van der Waals surface area contributed by atoms with Gasteiger partial charge in [-0.1, -0.05) is 0 Å². The molecule has 2 nitrogen and oxygen atoms in total. The second-order valence-corrected chi connectivity index (χ2v) is 3.02. The van der Waals surface area contributed by atoms with E-state index in [0.29, 0.717) is 12.1 Å². The Bertz CT molecular complexity index is 87.6. The number of nitrogens with one attached hydrogen (secondary N) is 1. The number of hydrogen-bond acceptors (Lipinski definition) is 2. The maximum Gasteiger partial charge on any atom is 0.0192 e. The van der Waals surface area contributed by atoms with Crippen LogP contribution >= 0.6 is 0 Å². The van der Waals surface area contributed by atoms with Crippen molar-refractivity contribution in [2.45, 2.75) is 25.9 Å². The Kier molecular flexibility index (Phi) is 2.09. The minimum absolute atomic E-state index is 0. The fraction of sp³-hybridized carbons (Fsp3) is 1.00. The Hall–Kier alpha value is -0.0800. The van der Waals surface area contributed by atoms with E-state index in [1.807, 2.05) is 0 Å². The lowest BCUT2D eigenvalue weighted by Crippen LogP contribution is -2.52. The lowest BCUT2D eigenvalue weighted by Gasteiger charge is -2.36. The van der Waals surface area contributed by atoms with Gasteiger partial charge in [-0.2, -0.15) is 0 Å². The molecule has 1 rings (SSSR count). The highest BCUT2D eigenvalue weighted by Crippen LogP contribution is 2.04. The first-order valence-electron chi connectivity index (χ1n) is 3.64. The Balaban J connectivity index is 0.000000810. The van der Waals surface area contributed by atoms with Crippen LogP contribution in [0, 0.1) is 0 Å². The van der Waals surface area contributed by atoms with Crippen molar-refractivity contribution >= 4 is 0 Å². The molecule has 0 spiro atoms. The molecule has 0 unspecified atom stereocenters. The maximum absolute atomic E-state index is 3.37. The monoisotopic (exact) mass is 130 g/mol. The quantitative estimate of drug-likeness (QED) is 0.515. The van der Waals surface area contributed by atoms with Gasteiger partial charge in [0.25, 0.3) is 0 Å². The molecule has 0 bridgehead atoms. The normalized spacial score (nSPS) is 39.0. The van der Waals surface area contributed by atoms with Gasteiger partial charge in [0.2, 0.25) is 0 Å². The smallest absolute Gasteiger partial charge is 0.0192 e. The van der Waals surface area contributed by atoms with Crippen molar-refractivity contribution < 1.29 is 1.43 Å². The first-order valence-corrected chi connectivity index (χ1v) is 3.64. The Labute approximate surface area is 58.7 Å². The van der Waals surface area contributed by atoms with E-state index in [1.165, 1.54) is 0 Å². The third-order valence-electron chi connectivity index (χ3n) is 2.27. The van der Waals surface area contributed by atoms with Crippen molar-refractivity contribution in [1.29, 1.82) is 0 Å². The second kappa shape index (κ2) is 2.67. The zero-order valence-corrected chi connectivity index (χ0v) is 6.52. The van der Waals surface area contributed by atoms with E-state index in [2.05, 4.69) is 31.1 Å². The van der Waals surface area contributed by atoms with Gasteiger partial charge in [-0.15, -0.1) is 0 Å². The molecule has 0 radical (unpaired) electrons. The number of hydrogen-bond donors (Lipinski definition) is 1. The molecule has 0 aromatic heterocycles. The van der Waals surface area contributed by atoms with Crippen LogP contribution in [0.25, 0.3) is 0 Å². The summed E-state index contributed by atoms with van der Waals surface area (Å²) in [6.07, 6.45) is 0. The third-order valence-corrected chi connectivity index (χ3v) is 2.27. The molecule has 1 aliphatic rings. The van der Waals surface area contributed by atoms with Crippen LogP contribution < -0.4 is 5.32 Å². The van der Waals surface area contributed by atoms with Crippen molar-refractivity contribution in [3.63, 3.8) is 0 Å². The van der Waals surface area contributed by atoms with Gasteiger partial charge >= 0.3 is 0 Å². The minimum atomic E-state index is 0. The summed E-state index contributed by atoms with van der Waals surface area (Å²) in [4.78, 5) is 2.41. The summed E-state index contributed by atoms with van der Waals surface area (Å²) in [5.74, 6) is 0. The highest BCUT2D eigenvalue weighted by atomic mass is 15.2. The first-order chi connectivity index (χ1) is 4.22. The first kappa shape index (κ1) is 7.03. The molecule has 2 atom stereocenters. The summed E-state index contributed by atoms with van der Waals surface area (Å²) >= 11 is 0. The fourth-order valence-electron chi connectivity index (χ4n) is 1.22. The van der Waals surface area contributed by atoms with Gasteiger partial charge in [-0.3, -0.25) is 4.90 Å². The van der Waals surface area contributed by atoms with Crippen LogP contribution in [0.1, 0.15) is 15.3 Å². The van der Waals surface area contributed by atoms with Crippen molar-refractivity contribution in [2.75, 3.05) is 20.1 Å². The maximum atomic E-state index is 3.37. The van der Waals surface area contributed by atoms with Gasteiger partial charge in [0.1, 0.15) is 0 Å². The molecule has 1 N–H and O–H groups in total. The molecule has 0 aromatic carbocycles. The van der Waals surface area contributed by atoms with Gasteiger partial charge in [0.05, 0.1) is 0 Å². The zero-order chi connectivity index (χ0) is 6.85. The largest absolute Gasteiger partial charge is 0.314 e. The highest BCUT2D eigenvalue weighted by molar-refractivity contribution is 4.79. The van der Waals surface area contributed by atoms with Crippen LogP contribution in [0.5, 0.6) is 0 Å².